The van der Waals surface area contributed by atoms with E-state index in [4.69, 9.17) is 0 Å². The molecule has 0 amide bonds. The van der Waals surface area contributed by atoms with Crippen molar-refractivity contribution in [1.29, 1.82) is 0 Å². The van der Waals surface area contributed by atoms with Crippen LogP contribution in [0.15, 0.2) is 48.5 Å². The Balaban J connectivity index is 0.000000364. The number of aryl methyl sites for hydroxylation is 2. The van der Waals surface area contributed by atoms with Crippen LogP contribution in [-0.4, -0.2) is 11.9 Å². The van der Waals surface area contributed by atoms with Crippen molar-refractivity contribution in [2.75, 3.05) is 0 Å². The minimum atomic E-state index is -1.12. The van der Waals surface area contributed by atoms with Gasteiger partial charge in [-0.1, -0.05) is 59.7 Å². The molecule has 2 aromatic carbocycles. The van der Waals surface area contributed by atoms with Crippen LogP contribution in [0.3, 0.4) is 0 Å². The predicted octanol–water partition coefficient (Wildman–Crippen LogP) is 0.715. The van der Waals surface area contributed by atoms with Crippen molar-refractivity contribution >= 4 is 11.9 Å². The van der Waals surface area contributed by atoms with E-state index in [2.05, 4.69) is 0 Å². The van der Waals surface area contributed by atoms with Crippen molar-refractivity contribution < 1.29 is 47.5 Å². The predicted molar refractivity (Wildman–Crippen MR) is 71.0 cm³/mol. The molecule has 2 rings (SSSR count). The zero-order chi connectivity index (χ0) is 15.1. The van der Waals surface area contributed by atoms with E-state index in [1.165, 1.54) is 12.1 Å². The molecule has 0 fully saturated rings. The summed E-state index contributed by atoms with van der Waals surface area (Å²) in [6.07, 6.45) is 0. The normalized spacial score (nSPS) is 8.86. The SMILES string of the molecule is Cc1cccc(C(=O)[O-])c1.Cc1cccc(C(=O)[O-])c1.[Hg+2]. The number of hydrogen-bond donors (Lipinski definition) is 0. The molecule has 0 aliphatic rings. The van der Waals surface area contributed by atoms with Gasteiger partial charge in [-0.05, 0) is 25.0 Å². The van der Waals surface area contributed by atoms with Crippen molar-refractivity contribution in [1.82, 2.24) is 0 Å². The molecule has 0 N–H and O–H groups in total. The van der Waals surface area contributed by atoms with Crippen molar-refractivity contribution in [3.05, 3.63) is 70.8 Å². The zero-order valence-electron chi connectivity index (χ0n) is 12.0. The molecule has 104 valence electrons. The molecule has 0 radical (unpaired) electrons. The van der Waals surface area contributed by atoms with Gasteiger partial charge >= 0.3 is 27.7 Å². The van der Waals surface area contributed by atoms with Crippen LogP contribution < -0.4 is 10.2 Å². The fraction of sp³-hybridized carbons (Fsp3) is 0.125. The molecule has 0 bridgehead atoms. The quantitative estimate of drug-likeness (QED) is 0.606. The van der Waals surface area contributed by atoms with E-state index in [-0.39, 0.29) is 38.8 Å². The number of carbonyl (C=O) groups is 2. The summed E-state index contributed by atoms with van der Waals surface area (Å²) in [5.74, 6) is -2.24. The van der Waals surface area contributed by atoms with Crippen LogP contribution in [0.25, 0.3) is 0 Å². The molecule has 0 heterocycles. The number of hydrogen-bond acceptors (Lipinski definition) is 4. The maximum Gasteiger partial charge on any atom is 2.00 e. The molecular weight excluding hydrogens is 457 g/mol. The van der Waals surface area contributed by atoms with Crippen molar-refractivity contribution in [3.8, 4) is 0 Å². The Bertz CT molecular complexity index is 568. The van der Waals surface area contributed by atoms with Crippen molar-refractivity contribution in [2.45, 2.75) is 13.8 Å². The van der Waals surface area contributed by atoms with Crippen molar-refractivity contribution in [3.63, 3.8) is 0 Å². The number of aromatic carboxylic acids is 2. The molecule has 5 heteroatoms. The van der Waals surface area contributed by atoms with Gasteiger partial charge in [0.2, 0.25) is 0 Å². The van der Waals surface area contributed by atoms with E-state index in [1.807, 2.05) is 26.0 Å². The van der Waals surface area contributed by atoms with Crippen LogP contribution in [0.4, 0.5) is 0 Å². The number of carboxylic acids is 2. The van der Waals surface area contributed by atoms with E-state index in [0.717, 1.165) is 11.1 Å². The standard InChI is InChI=1S/2C8H8O2.Hg/c2*1-6-3-2-4-7(5-6)8(9)10;/h2*2-5H,1H3,(H,9,10);/q;;+2/p-2. The zero-order valence-corrected chi connectivity index (χ0v) is 17.5. The first-order valence-electron chi connectivity index (χ1n) is 5.96. The van der Waals surface area contributed by atoms with Gasteiger partial charge in [0.1, 0.15) is 0 Å². The number of carboxylic acid groups (broad SMARTS) is 2. The topological polar surface area (TPSA) is 80.3 Å². The van der Waals surface area contributed by atoms with Gasteiger partial charge in [-0.15, -0.1) is 0 Å². The summed E-state index contributed by atoms with van der Waals surface area (Å²) < 4.78 is 0. The molecule has 4 nitrogen and oxygen atoms in total. The third-order valence-electron chi connectivity index (χ3n) is 2.51. The van der Waals surface area contributed by atoms with Gasteiger partial charge < -0.3 is 19.8 Å². The van der Waals surface area contributed by atoms with Gasteiger partial charge in [0, 0.05) is 0 Å². The maximum absolute atomic E-state index is 10.2. The minimum absolute atomic E-state index is 0. The molecule has 0 aliphatic heterocycles. The maximum atomic E-state index is 10.2. The van der Waals surface area contributed by atoms with E-state index < -0.39 is 11.9 Å². The molecule has 2 aromatic rings. The second-order valence-corrected chi connectivity index (χ2v) is 4.31. The minimum Gasteiger partial charge on any atom is -0.545 e. The summed E-state index contributed by atoms with van der Waals surface area (Å²) in [7, 11) is 0. The van der Waals surface area contributed by atoms with E-state index in [0.29, 0.717) is 0 Å². The van der Waals surface area contributed by atoms with E-state index in [9.17, 15) is 19.8 Å². The van der Waals surface area contributed by atoms with Gasteiger partial charge in [-0.25, -0.2) is 0 Å². The molecule has 0 spiro atoms. The molecule has 0 saturated heterocycles. The summed E-state index contributed by atoms with van der Waals surface area (Å²) in [5.41, 5.74) is 2.34. The average Bonchev–Trinajstić information content (AvgIpc) is 2.39. The molecule has 0 atom stereocenters. The second-order valence-electron chi connectivity index (χ2n) is 4.31. The monoisotopic (exact) mass is 472 g/mol. The van der Waals surface area contributed by atoms with Gasteiger partial charge in [0.05, 0.1) is 11.9 Å². The molecule has 0 aliphatic carbocycles. The summed E-state index contributed by atoms with van der Waals surface area (Å²) in [4.78, 5) is 20.5. The molecule has 21 heavy (non-hydrogen) atoms. The third-order valence-corrected chi connectivity index (χ3v) is 2.51. The summed E-state index contributed by atoms with van der Waals surface area (Å²) in [6.45, 7) is 3.68. The van der Waals surface area contributed by atoms with E-state index in [1.54, 1.807) is 24.3 Å². The van der Waals surface area contributed by atoms with Crippen LogP contribution in [-0.2, 0) is 27.7 Å². The number of rotatable bonds is 2. The number of benzene rings is 2. The summed E-state index contributed by atoms with van der Waals surface area (Å²) >= 11 is 0. The number of carbonyl (C=O) groups excluding carboxylic acids is 2. The Morgan fingerprint density at radius 2 is 1.10 bits per heavy atom. The Morgan fingerprint density at radius 3 is 1.29 bits per heavy atom. The largest absolute Gasteiger partial charge is 2.00 e. The van der Waals surface area contributed by atoms with Crippen LogP contribution in [0.5, 0.6) is 0 Å². The average molecular weight is 471 g/mol. The Labute approximate surface area is 143 Å². The Kier molecular flexibility index (Phi) is 8.54. The fourth-order valence-corrected chi connectivity index (χ4v) is 1.54. The first kappa shape index (κ1) is 19.3. The fourth-order valence-electron chi connectivity index (χ4n) is 1.54. The van der Waals surface area contributed by atoms with Gasteiger partial charge in [-0.3, -0.25) is 0 Å². The molecule has 0 unspecified atom stereocenters. The van der Waals surface area contributed by atoms with Crippen LogP contribution in [0.2, 0.25) is 0 Å². The van der Waals surface area contributed by atoms with Crippen molar-refractivity contribution in [2.24, 2.45) is 0 Å². The van der Waals surface area contributed by atoms with Crippen LogP contribution in [0.1, 0.15) is 31.8 Å². The molecule has 0 aromatic heterocycles. The first-order chi connectivity index (χ1) is 9.40. The van der Waals surface area contributed by atoms with Gasteiger partial charge in [0.25, 0.3) is 0 Å². The van der Waals surface area contributed by atoms with E-state index >= 15 is 0 Å². The molecular formula is C16H14HgO4. The molecule has 0 saturated carbocycles. The smallest absolute Gasteiger partial charge is 0.545 e. The summed E-state index contributed by atoms with van der Waals surface area (Å²) in [6, 6.07) is 13.3. The van der Waals surface area contributed by atoms with Gasteiger partial charge in [0.15, 0.2) is 0 Å². The first-order valence-corrected chi connectivity index (χ1v) is 5.96. The Morgan fingerprint density at radius 1 is 0.762 bits per heavy atom. The van der Waals surface area contributed by atoms with Crippen LogP contribution in [0, 0.1) is 13.8 Å². The summed E-state index contributed by atoms with van der Waals surface area (Å²) in [5, 5.41) is 20.5. The van der Waals surface area contributed by atoms with Crippen LogP contribution >= 0.6 is 0 Å². The second kappa shape index (κ2) is 9.29. The third kappa shape index (κ3) is 7.04. The van der Waals surface area contributed by atoms with Gasteiger partial charge in [-0.2, -0.15) is 0 Å². The Hall–Kier alpha value is -1.68.